The summed E-state index contributed by atoms with van der Waals surface area (Å²) in [6.45, 7) is -1.40. The molecule has 0 aliphatic carbocycles. The van der Waals surface area contributed by atoms with Crippen molar-refractivity contribution in [3.05, 3.63) is 12.3 Å². The lowest BCUT2D eigenvalue weighted by atomic mass is 9.94. The Bertz CT molecular complexity index is 603. The second kappa shape index (κ2) is 6.33. The normalized spacial score (nSPS) is 38.6. The minimum atomic E-state index is -2.42. The van der Waals surface area contributed by atoms with Gasteiger partial charge in [0, 0.05) is 19.2 Å². The van der Waals surface area contributed by atoms with E-state index in [9.17, 15) is 34.6 Å². The minimum absolute atomic E-state index is 0.672. The maximum Gasteiger partial charge on any atom is 0.303 e. The Labute approximate surface area is 135 Å². The van der Waals surface area contributed by atoms with Gasteiger partial charge in [0.2, 0.25) is 12.3 Å². The number of aliphatic hydroxyl groups excluding tert-OH is 3. The largest absolute Gasteiger partial charge is 0.456 e. The van der Waals surface area contributed by atoms with Gasteiger partial charge in [-0.2, -0.15) is 5.26 Å². The maximum atomic E-state index is 13.6. The lowest BCUT2D eigenvalue weighted by Gasteiger charge is -2.41. The highest BCUT2D eigenvalue weighted by Crippen LogP contribution is 2.43. The van der Waals surface area contributed by atoms with Crippen LogP contribution in [0.15, 0.2) is 12.3 Å². The Morgan fingerprint density at radius 2 is 2.29 bits per heavy atom. The fraction of sp³-hybridized carbons (Fsp3) is 0.615. The molecule has 0 bridgehead atoms. The van der Waals surface area contributed by atoms with Crippen LogP contribution in [0.4, 0.5) is 4.39 Å². The third kappa shape index (κ3) is 2.59. The van der Waals surface area contributed by atoms with E-state index in [1.165, 1.54) is 0 Å². The third-order valence-electron chi connectivity index (χ3n) is 3.82. The van der Waals surface area contributed by atoms with Gasteiger partial charge in [0.1, 0.15) is 12.7 Å². The van der Waals surface area contributed by atoms with Crippen molar-refractivity contribution in [1.82, 2.24) is 10.2 Å². The number of hydrogen-bond donors (Lipinski definition) is 4. The number of nitrogens with one attached hydrogen (secondary N) is 1. The van der Waals surface area contributed by atoms with Crippen LogP contribution in [0.5, 0.6) is 0 Å². The molecule has 0 aromatic heterocycles. The summed E-state index contributed by atoms with van der Waals surface area (Å²) in [5, 5.41) is 41.5. The quantitative estimate of drug-likeness (QED) is 0.403. The average molecular weight is 345 g/mol. The van der Waals surface area contributed by atoms with E-state index >= 15 is 0 Å². The molecule has 0 saturated carbocycles. The van der Waals surface area contributed by atoms with E-state index in [-0.39, 0.29) is 0 Å². The molecule has 132 valence electrons. The number of hydrogen-bond acceptors (Lipinski definition) is 9. The predicted octanol–water partition coefficient (Wildman–Crippen LogP) is -2.55. The van der Waals surface area contributed by atoms with Crippen LogP contribution < -0.4 is 5.32 Å². The van der Waals surface area contributed by atoms with Crippen molar-refractivity contribution in [3.63, 3.8) is 0 Å². The van der Waals surface area contributed by atoms with Crippen molar-refractivity contribution < 1.29 is 38.8 Å². The summed E-state index contributed by atoms with van der Waals surface area (Å²) in [6.07, 6.45) is -3.54. The summed E-state index contributed by atoms with van der Waals surface area (Å²) < 4.78 is 23.7. The number of carbonyl (C=O) groups excluding carboxylic acids is 2. The van der Waals surface area contributed by atoms with Gasteiger partial charge in [-0.1, -0.05) is 0 Å². The second-order valence-electron chi connectivity index (χ2n) is 5.35. The molecular formula is C13H16FN3O7. The summed E-state index contributed by atoms with van der Waals surface area (Å²) >= 11 is 0. The first-order valence-corrected chi connectivity index (χ1v) is 6.85. The van der Waals surface area contributed by atoms with Crippen molar-refractivity contribution in [3.8, 4) is 6.07 Å². The molecule has 2 aliphatic heterocycles. The molecule has 1 fully saturated rings. The molecular weight excluding hydrogens is 329 g/mol. The molecule has 1 saturated heterocycles. The number of aliphatic hydroxyl groups is 3. The Kier molecular flexibility index (Phi) is 4.77. The lowest BCUT2D eigenvalue weighted by Crippen LogP contribution is -2.63. The molecule has 5 atom stereocenters. The Morgan fingerprint density at radius 3 is 2.75 bits per heavy atom. The van der Waals surface area contributed by atoms with E-state index < -0.39 is 55.0 Å². The van der Waals surface area contributed by atoms with Crippen LogP contribution in [0.2, 0.25) is 0 Å². The first kappa shape index (κ1) is 18.1. The van der Waals surface area contributed by atoms with Crippen molar-refractivity contribution >= 4 is 11.9 Å². The minimum Gasteiger partial charge on any atom is -0.456 e. The van der Waals surface area contributed by atoms with Crippen LogP contribution in [-0.2, 0) is 19.1 Å². The molecule has 2 aliphatic rings. The van der Waals surface area contributed by atoms with E-state index in [2.05, 4.69) is 5.32 Å². The number of ether oxygens (including phenoxy) is 2. The van der Waals surface area contributed by atoms with E-state index in [0.717, 1.165) is 24.1 Å². The van der Waals surface area contributed by atoms with Gasteiger partial charge in [0.05, 0.1) is 6.61 Å². The van der Waals surface area contributed by atoms with E-state index in [0.29, 0.717) is 0 Å². The molecule has 2 heterocycles. The van der Waals surface area contributed by atoms with Gasteiger partial charge in [0.25, 0.3) is 5.72 Å². The molecule has 0 aromatic carbocycles. The van der Waals surface area contributed by atoms with Crippen LogP contribution in [0.25, 0.3) is 0 Å². The Morgan fingerprint density at radius 1 is 1.62 bits per heavy atom. The second-order valence-corrected chi connectivity index (χ2v) is 5.35. The number of nitrogens with zero attached hydrogens (tertiary/aromatic N) is 2. The molecule has 0 spiro atoms. The fourth-order valence-corrected chi connectivity index (χ4v) is 2.66. The van der Waals surface area contributed by atoms with Crippen LogP contribution in [0.3, 0.4) is 0 Å². The van der Waals surface area contributed by atoms with Crippen LogP contribution in [0, 0.1) is 11.3 Å². The zero-order valence-corrected chi connectivity index (χ0v) is 12.5. The fourth-order valence-electron chi connectivity index (χ4n) is 2.66. The van der Waals surface area contributed by atoms with Crippen LogP contribution in [-0.4, -0.2) is 75.3 Å². The maximum absolute atomic E-state index is 13.6. The van der Waals surface area contributed by atoms with E-state index in [4.69, 9.17) is 9.47 Å². The third-order valence-corrected chi connectivity index (χ3v) is 3.82. The monoisotopic (exact) mass is 345 g/mol. The summed E-state index contributed by atoms with van der Waals surface area (Å²) in [5.41, 5.74) is -4.63. The highest BCUT2D eigenvalue weighted by molar-refractivity contribution is 5.88. The number of amides is 1. The van der Waals surface area contributed by atoms with Gasteiger partial charge in [-0.3, -0.25) is 14.5 Å². The number of nitriles is 1. The summed E-state index contributed by atoms with van der Waals surface area (Å²) in [6, 6.07) is 1.59. The van der Waals surface area contributed by atoms with Gasteiger partial charge >= 0.3 is 5.97 Å². The standard InChI is InChI=1S/C13H16FN3O7/c1-7(19)23-10-9(21)13(5-15,24-12(10,4-14)6-18)17-3-2-8(20)16-11(17)22/h2-3,9-11,18,21-22H,4,6H2,1H3,(H,16,20)/t9-,10+,11?,12-,13-/m1/s1. The van der Waals surface area contributed by atoms with E-state index in [1.807, 2.05) is 0 Å². The van der Waals surface area contributed by atoms with E-state index in [1.54, 1.807) is 6.07 Å². The topological polar surface area (TPSA) is 152 Å². The Balaban J connectivity index is 2.51. The molecule has 24 heavy (non-hydrogen) atoms. The number of carbonyl (C=O) groups is 2. The van der Waals surface area contributed by atoms with Crippen molar-refractivity contribution in [1.29, 1.82) is 5.26 Å². The smallest absolute Gasteiger partial charge is 0.303 e. The van der Waals surface area contributed by atoms with Gasteiger partial charge in [-0.15, -0.1) is 0 Å². The lowest BCUT2D eigenvalue weighted by molar-refractivity contribution is -0.216. The predicted molar refractivity (Wildman–Crippen MR) is 71.9 cm³/mol. The number of esters is 1. The molecule has 1 unspecified atom stereocenters. The van der Waals surface area contributed by atoms with Gasteiger partial charge in [0.15, 0.2) is 17.8 Å². The molecule has 2 rings (SSSR count). The highest BCUT2D eigenvalue weighted by atomic mass is 19.1. The number of rotatable bonds is 4. The SMILES string of the molecule is CC(=O)O[C@H]1[C@@H](O)[C@](C#N)(N2C=CC(=O)NC2O)O[C@@]1(CO)CF. The molecule has 1 amide bonds. The summed E-state index contributed by atoms with van der Waals surface area (Å²) in [4.78, 5) is 23.2. The summed E-state index contributed by atoms with van der Waals surface area (Å²) in [7, 11) is 0. The number of alkyl halides is 1. The molecule has 11 heteroatoms. The Hall–Kier alpha value is -2.26. The molecule has 10 nitrogen and oxygen atoms in total. The molecule has 0 aromatic rings. The number of halogens is 1. The molecule has 4 N–H and O–H groups in total. The van der Waals surface area contributed by atoms with Crippen LogP contribution in [0.1, 0.15) is 6.92 Å². The molecule has 0 radical (unpaired) electrons. The van der Waals surface area contributed by atoms with Gasteiger partial charge in [-0.25, -0.2) is 4.39 Å². The van der Waals surface area contributed by atoms with Crippen molar-refractivity contribution in [2.45, 2.75) is 36.8 Å². The highest BCUT2D eigenvalue weighted by Gasteiger charge is 2.68. The zero-order chi connectivity index (χ0) is 18.1. The zero-order valence-electron chi connectivity index (χ0n) is 12.5. The van der Waals surface area contributed by atoms with Crippen molar-refractivity contribution in [2.75, 3.05) is 13.3 Å². The van der Waals surface area contributed by atoms with Crippen LogP contribution >= 0.6 is 0 Å². The summed E-state index contributed by atoms with van der Waals surface area (Å²) in [5.74, 6) is -1.57. The van der Waals surface area contributed by atoms with Gasteiger partial charge < -0.3 is 30.1 Å². The first-order valence-electron chi connectivity index (χ1n) is 6.85. The first-order chi connectivity index (χ1) is 11.3. The van der Waals surface area contributed by atoms with Crippen molar-refractivity contribution in [2.24, 2.45) is 0 Å². The average Bonchev–Trinajstić information content (AvgIpc) is 2.78. The van der Waals surface area contributed by atoms with Gasteiger partial charge in [-0.05, 0) is 0 Å².